The second-order valence-corrected chi connectivity index (χ2v) is 8.51. The van der Waals surface area contributed by atoms with Gasteiger partial charge >= 0.3 is 0 Å². The zero-order valence-electron chi connectivity index (χ0n) is 15.9. The van der Waals surface area contributed by atoms with E-state index in [1.165, 1.54) is 29.7 Å². The van der Waals surface area contributed by atoms with Gasteiger partial charge in [0.1, 0.15) is 11.4 Å². The summed E-state index contributed by atoms with van der Waals surface area (Å²) in [7, 11) is 1.70. The predicted molar refractivity (Wildman–Crippen MR) is 107 cm³/mol. The number of carbonyl (C=O) groups excluding carboxylic acids is 1. The summed E-state index contributed by atoms with van der Waals surface area (Å²) in [4.78, 5) is 21.2. The normalized spacial score (nSPS) is 20.0. The van der Waals surface area contributed by atoms with Crippen LogP contribution in [-0.4, -0.2) is 54.0 Å². The van der Waals surface area contributed by atoms with Gasteiger partial charge in [0.15, 0.2) is 0 Å². The summed E-state index contributed by atoms with van der Waals surface area (Å²) in [6.07, 6.45) is 4.72. The fraction of sp³-hybridized carbons (Fsp3) is 0.524. The van der Waals surface area contributed by atoms with E-state index in [9.17, 15) is 4.79 Å². The summed E-state index contributed by atoms with van der Waals surface area (Å²) in [5, 5.41) is 1.85. The van der Waals surface area contributed by atoms with Crippen molar-refractivity contribution in [2.45, 2.75) is 32.2 Å². The molecule has 0 saturated carbocycles. The molecule has 2 fully saturated rings. The van der Waals surface area contributed by atoms with Crippen molar-refractivity contribution in [1.29, 1.82) is 0 Å². The molecule has 1 aromatic heterocycles. The number of amides is 1. The van der Waals surface area contributed by atoms with Crippen molar-refractivity contribution >= 4 is 17.2 Å². The fourth-order valence-corrected chi connectivity index (χ4v) is 4.86. The number of hydrogen-bond donors (Lipinski definition) is 0. The number of benzene rings is 1. The van der Waals surface area contributed by atoms with Crippen LogP contribution in [0, 0.1) is 5.41 Å². The first-order valence-electron chi connectivity index (χ1n) is 9.70. The van der Waals surface area contributed by atoms with Crippen molar-refractivity contribution in [2.75, 3.05) is 33.3 Å². The van der Waals surface area contributed by atoms with Crippen molar-refractivity contribution in [1.82, 2.24) is 14.8 Å². The molecule has 0 aliphatic carbocycles. The Kier molecular flexibility index (Phi) is 5.45. The maximum Gasteiger partial charge on any atom is 0.273 e. The van der Waals surface area contributed by atoms with Crippen molar-refractivity contribution in [3.8, 4) is 5.75 Å². The third kappa shape index (κ3) is 4.17. The first-order chi connectivity index (χ1) is 13.2. The number of rotatable bonds is 4. The Morgan fingerprint density at radius 1 is 1.11 bits per heavy atom. The van der Waals surface area contributed by atoms with Gasteiger partial charge in [-0.25, -0.2) is 4.98 Å². The van der Waals surface area contributed by atoms with Gasteiger partial charge in [-0.05, 0) is 61.9 Å². The van der Waals surface area contributed by atoms with Crippen LogP contribution >= 0.6 is 11.3 Å². The number of piperidine rings is 2. The Morgan fingerprint density at radius 2 is 1.78 bits per heavy atom. The number of aromatic nitrogens is 1. The smallest absolute Gasteiger partial charge is 0.273 e. The lowest BCUT2D eigenvalue weighted by Crippen LogP contribution is -2.48. The number of hydrogen-bond acceptors (Lipinski definition) is 5. The van der Waals surface area contributed by atoms with Gasteiger partial charge < -0.3 is 9.64 Å². The molecule has 0 bridgehead atoms. The Bertz CT molecular complexity index is 742. The highest BCUT2D eigenvalue weighted by Crippen LogP contribution is 2.41. The minimum atomic E-state index is 0.100. The summed E-state index contributed by atoms with van der Waals surface area (Å²) >= 11 is 1.49. The molecular formula is C21H27N3O2S. The van der Waals surface area contributed by atoms with E-state index in [1.807, 2.05) is 22.4 Å². The molecule has 27 heavy (non-hydrogen) atoms. The molecule has 6 heteroatoms. The molecule has 3 heterocycles. The highest BCUT2D eigenvalue weighted by atomic mass is 32.1. The van der Waals surface area contributed by atoms with E-state index in [0.717, 1.165) is 51.3 Å². The van der Waals surface area contributed by atoms with Gasteiger partial charge in [-0.3, -0.25) is 9.69 Å². The average molecular weight is 386 g/mol. The fourth-order valence-electron chi connectivity index (χ4n) is 4.34. The number of carbonyl (C=O) groups is 1. The van der Waals surface area contributed by atoms with Crippen LogP contribution in [-0.2, 0) is 6.54 Å². The third-order valence-corrected chi connectivity index (χ3v) is 6.83. The molecule has 0 N–H and O–H groups in total. The summed E-state index contributed by atoms with van der Waals surface area (Å²) < 4.78 is 5.24. The highest BCUT2D eigenvalue weighted by Gasteiger charge is 2.38. The summed E-state index contributed by atoms with van der Waals surface area (Å²) in [6.45, 7) is 5.04. The first-order valence-corrected chi connectivity index (χ1v) is 10.6. The van der Waals surface area contributed by atoms with Gasteiger partial charge in [0.25, 0.3) is 5.91 Å². The van der Waals surface area contributed by atoms with E-state index >= 15 is 0 Å². The molecule has 0 unspecified atom stereocenters. The molecule has 2 aliphatic rings. The van der Waals surface area contributed by atoms with Gasteiger partial charge in [-0.2, -0.15) is 0 Å². The molecule has 0 atom stereocenters. The first kappa shape index (κ1) is 18.4. The minimum absolute atomic E-state index is 0.100. The van der Waals surface area contributed by atoms with Crippen LogP contribution in [0.25, 0.3) is 0 Å². The minimum Gasteiger partial charge on any atom is -0.497 e. The Balaban J connectivity index is 1.27. The molecule has 1 amide bonds. The third-order valence-electron chi connectivity index (χ3n) is 6.24. The van der Waals surface area contributed by atoms with Gasteiger partial charge in [0.2, 0.25) is 0 Å². The molecule has 2 aliphatic heterocycles. The van der Waals surface area contributed by atoms with Crippen LogP contribution in [0.1, 0.15) is 41.7 Å². The zero-order valence-corrected chi connectivity index (χ0v) is 16.7. The highest BCUT2D eigenvalue weighted by molar-refractivity contribution is 7.07. The monoisotopic (exact) mass is 385 g/mol. The number of thiazole rings is 1. The van der Waals surface area contributed by atoms with Crippen LogP contribution in [0.3, 0.4) is 0 Å². The second-order valence-electron chi connectivity index (χ2n) is 7.79. The van der Waals surface area contributed by atoms with E-state index < -0.39 is 0 Å². The van der Waals surface area contributed by atoms with Gasteiger partial charge in [0, 0.05) is 25.0 Å². The lowest BCUT2D eigenvalue weighted by molar-refractivity contribution is 0.0282. The van der Waals surface area contributed by atoms with Crippen molar-refractivity contribution < 1.29 is 9.53 Å². The van der Waals surface area contributed by atoms with Crippen LogP contribution in [0.15, 0.2) is 35.2 Å². The molecule has 0 radical (unpaired) electrons. The maximum absolute atomic E-state index is 12.5. The molecule has 4 rings (SSSR count). The van der Waals surface area contributed by atoms with E-state index in [0.29, 0.717) is 11.1 Å². The average Bonchev–Trinajstić information content (AvgIpc) is 3.25. The van der Waals surface area contributed by atoms with E-state index in [-0.39, 0.29) is 5.91 Å². The number of likely N-dealkylation sites (tertiary alicyclic amines) is 2. The molecule has 1 aromatic carbocycles. The Morgan fingerprint density at radius 3 is 2.37 bits per heavy atom. The lowest BCUT2D eigenvalue weighted by Gasteiger charge is -2.46. The van der Waals surface area contributed by atoms with Crippen molar-refractivity contribution in [3.63, 3.8) is 0 Å². The standard InChI is InChI=1S/C21H27N3O2S/c1-26-18-4-2-17(3-5-18)14-23-10-6-21(7-11-23)8-12-24(13-9-21)20(25)19-15-27-16-22-19/h2-5,15-16H,6-14H2,1H3. The Hall–Kier alpha value is -1.92. The predicted octanol–water partition coefficient (Wildman–Crippen LogP) is 3.67. The molecule has 2 aromatic rings. The second kappa shape index (κ2) is 7.98. The van der Waals surface area contributed by atoms with E-state index in [1.54, 1.807) is 12.6 Å². The SMILES string of the molecule is COc1ccc(CN2CCC3(CC2)CCN(C(=O)c2cscn2)CC3)cc1. The largest absolute Gasteiger partial charge is 0.497 e. The molecule has 1 spiro atoms. The van der Waals surface area contributed by atoms with Gasteiger partial charge in [-0.1, -0.05) is 12.1 Å². The van der Waals surface area contributed by atoms with E-state index in [4.69, 9.17) is 4.74 Å². The summed E-state index contributed by atoms with van der Waals surface area (Å²) in [5.41, 5.74) is 4.10. The lowest BCUT2D eigenvalue weighted by atomic mass is 9.71. The van der Waals surface area contributed by atoms with Crippen LogP contribution in [0.4, 0.5) is 0 Å². The quantitative estimate of drug-likeness (QED) is 0.806. The van der Waals surface area contributed by atoms with Crippen LogP contribution in [0.5, 0.6) is 5.75 Å². The van der Waals surface area contributed by atoms with E-state index in [2.05, 4.69) is 22.0 Å². The molecule has 2 saturated heterocycles. The summed E-state index contributed by atoms with van der Waals surface area (Å²) in [5.74, 6) is 1.01. The van der Waals surface area contributed by atoms with Crippen molar-refractivity contribution in [3.05, 3.63) is 46.4 Å². The van der Waals surface area contributed by atoms with Crippen molar-refractivity contribution in [2.24, 2.45) is 5.41 Å². The summed E-state index contributed by atoms with van der Waals surface area (Å²) in [6, 6.07) is 8.39. The Labute approximate surface area is 165 Å². The molecular weight excluding hydrogens is 358 g/mol. The zero-order chi connectivity index (χ0) is 18.7. The van der Waals surface area contributed by atoms with Crippen LogP contribution < -0.4 is 4.74 Å². The van der Waals surface area contributed by atoms with Gasteiger partial charge in [-0.15, -0.1) is 11.3 Å². The maximum atomic E-state index is 12.5. The number of ether oxygens (including phenoxy) is 1. The topological polar surface area (TPSA) is 45.7 Å². The van der Waals surface area contributed by atoms with Gasteiger partial charge in [0.05, 0.1) is 12.6 Å². The van der Waals surface area contributed by atoms with Crippen LogP contribution in [0.2, 0.25) is 0 Å². The molecule has 5 nitrogen and oxygen atoms in total. The number of nitrogens with zero attached hydrogens (tertiary/aromatic N) is 3. The molecule has 144 valence electrons. The number of methoxy groups -OCH3 is 1.